The van der Waals surface area contributed by atoms with Crippen LogP contribution in [0.5, 0.6) is 11.5 Å². The van der Waals surface area contributed by atoms with Crippen molar-refractivity contribution in [3.05, 3.63) is 54.9 Å². The first-order valence-electron chi connectivity index (χ1n) is 15.2. The Morgan fingerprint density at radius 1 is 0.957 bits per heavy atom. The van der Waals surface area contributed by atoms with Crippen LogP contribution in [0, 0.1) is 5.41 Å². The van der Waals surface area contributed by atoms with E-state index in [1.165, 1.54) is 13.4 Å². The number of amides is 3. The summed E-state index contributed by atoms with van der Waals surface area (Å²) >= 11 is 0. The van der Waals surface area contributed by atoms with E-state index in [2.05, 4.69) is 36.6 Å². The zero-order chi connectivity index (χ0) is 33.4. The Morgan fingerprint density at radius 3 is 2.37 bits per heavy atom. The second-order valence-corrected chi connectivity index (χ2v) is 12.2. The average Bonchev–Trinajstić information content (AvgIpc) is 3.54. The van der Waals surface area contributed by atoms with Gasteiger partial charge in [-0.15, -0.1) is 0 Å². The van der Waals surface area contributed by atoms with Gasteiger partial charge in [-0.25, -0.2) is 9.97 Å². The van der Waals surface area contributed by atoms with Gasteiger partial charge in [-0.1, -0.05) is 26.8 Å². The molecule has 1 fully saturated rings. The van der Waals surface area contributed by atoms with Crippen molar-refractivity contribution in [3.8, 4) is 11.5 Å². The topological polar surface area (TPSA) is 159 Å². The number of carbonyl (C=O) groups is 3. The summed E-state index contributed by atoms with van der Waals surface area (Å²) in [6.45, 7) is 7.85. The summed E-state index contributed by atoms with van der Waals surface area (Å²) in [5.74, 6) is 1.45. The van der Waals surface area contributed by atoms with Gasteiger partial charge >= 0.3 is 0 Å². The van der Waals surface area contributed by atoms with Gasteiger partial charge in [0.25, 0.3) is 0 Å². The van der Waals surface area contributed by atoms with E-state index in [-0.39, 0.29) is 17.7 Å². The van der Waals surface area contributed by atoms with E-state index in [9.17, 15) is 14.4 Å². The highest BCUT2D eigenvalue weighted by Crippen LogP contribution is 2.32. The molecule has 46 heavy (non-hydrogen) atoms. The molecule has 4 rings (SSSR count). The molecule has 3 amide bonds. The fraction of sp³-hybridized carbons (Fsp3) is 0.424. The van der Waals surface area contributed by atoms with Crippen molar-refractivity contribution >= 4 is 46.4 Å². The maximum absolute atomic E-state index is 13.7. The lowest BCUT2D eigenvalue weighted by molar-refractivity contribution is -0.143. The van der Waals surface area contributed by atoms with Crippen molar-refractivity contribution in [2.75, 3.05) is 43.8 Å². The van der Waals surface area contributed by atoms with Gasteiger partial charge in [-0.3, -0.25) is 14.4 Å². The molecule has 3 atom stereocenters. The van der Waals surface area contributed by atoms with Crippen molar-refractivity contribution < 1.29 is 23.9 Å². The third-order valence-electron chi connectivity index (χ3n) is 7.81. The van der Waals surface area contributed by atoms with E-state index < -0.39 is 23.5 Å². The summed E-state index contributed by atoms with van der Waals surface area (Å²) in [5.41, 5.74) is 1.39. The first-order chi connectivity index (χ1) is 21.9. The zero-order valence-electron chi connectivity index (χ0n) is 27.4. The van der Waals surface area contributed by atoms with Gasteiger partial charge in [0.05, 0.1) is 25.9 Å². The molecule has 5 N–H and O–H groups in total. The predicted octanol–water partition coefficient (Wildman–Crippen LogP) is 4.05. The summed E-state index contributed by atoms with van der Waals surface area (Å²) < 4.78 is 10.9. The Balaban J connectivity index is 1.45. The first kappa shape index (κ1) is 34.0. The number of ether oxygens (including phenoxy) is 2. The van der Waals surface area contributed by atoms with Crippen LogP contribution >= 0.6 is 0 Å². The maximum Gasteiger partial charge on any atom is 0.247 e. The molecule has 0 spiro atoms. The smallest absolute Gasteiger partial charge is 0.247 e. The van der Waals surface area contributed by atoms with Gasteiger partial charge in [0, 0.05) is 36.1 Å². The fourth-order valence-electron chi connectivity index (χ4n) is 5.09. The van der Waals surface area contributed by atoms with E-state index in [1.807, 2.05) is 45.0 Å². The van der Waals surface area contributed by atoms with Gasteiger partial charge in [0.2, 0.25) is 17.7 Å². The standard InChI is InChI=1S/C33H44N8O5/c1-20(34-5)30(42)40-29(33(2,3)4)32(44)41-15-9-12-25(41)31(43)38-22-13-14-24(26(17-22)46-7)39-28-18-27(35-19-36-28)37-21-10-8-11-23(16-21)45-6/h8,10-11,13-14,16-20,25,29,34H,9,12,15H2,1-7H3,(H,38,43)(H,40,42)(H2,35,36,37,39)/t20-,25+,29+/m0/s1. The van der Waals surface area contributed by atoms with Gasteiger partial charge in [0.1, 0.15) is 41.5 Å². The van der Waals surface area contributed by atoms with Crippen molar-refractivity contribution in [2.24, 2.45) is 5.41 Å². The third-order valence-corrected chi connectivity index (χ3v) is 7.81. The fourth-order valence-corrected chi connectivity index (χ4v) is 5.09. The Kier molecular flexibility index (Phi) is 11.0. The minimum atomic E-state index is -0.789. The number of hydrogen-bond acceptors (Lipinski definition) is 10. The molecule has 0 saturated carbocycles. The van der Waals surface area contributed by atoms with E-state index in [0.717, 1.165) is 11.4 Å². The number of nitrogens with zero attached hydrogens (tertiary/aromatic N) is 3. The number of anilines is 5. The third kappa shape index (κ3) is 8.42. The summed E-state index contributed by atoms with van der Waals surface area (Å²) in [5, 5.41) is 15.2. The summed E-state index contributed by atoms with van der Waals surface area (Å²) in [6, 6.07) is 12.6. The molecule has 246 valence electrons. The highest BCUT2D eigenvalue weighted by Gasteiger charge is 2.42. The van der Waals surface area contributed by atoms with Crippen LogP contribution in [0.15, 0.2) is 54.9 Å². The Morgan fingerprint density at radius 2 is 1.70 bits per heavy atom. The molecule has 1 aliphatic rings. The van der Waals surface area contributed by atoms with Crippen LogP contribution < -0.4 is 36.1 Å². The van der Waals surface area contributed by atoms with E-state index in [0.29, 0.717) is 48.1 Å². The SMILES string of the molecule is CN[C@@H](C)C(=O)N[C@H](C(=O)N1CCC[C@@H]1C(=O)Nc1ccc(Nc2cc(Nc3cccc(OC)c3)ncn2)c(OC)c1)C(C)(C)C. The van der Waals surface area contributed by atoms with Crippen molar-refractivity contribution in [1.82, 2.24) is 25.5 Å². The van der Waals surface area contributed by atoms with E-state index in [4.69, 9.17) is 9.47 Å². The van der Waals surface area contributed by atoms with Crippen molar-refractivity contribution in [1.29, 1.82) is 0 Å². The monoisotopic (exact) mass is 632 g/mol. The lowest BCUT2D eigenvalue weighted by atomic mass is 9.85. The van der Waals surface area contributed by atoms with Gasteiger partial charge in [-0.2, -0.15) is 0 Å². The minimum Gasteiger partial charge on any atom is -0.497 e. The highest BCUT2D eigenvalue weighted by atomic mass is 16.5. The normalized spacial score (nSPS) is 15.8. The average molecular weight is 633 g/mol. The Hall–Kier alpha value is -4.91. The summed E-state index contributed by atoms with van der Waals surface area (Å²) in [4.78, 5) is 50.1. The van der Waals surface area contributed by atoms with E-state index >= 15 is 0 Å². The first-order valence-corrected chi connectivity index (χ1v) is 15.2. The number of likely N-dealkylation sites (N-methyl/N-ethyl adjacent to an activating group) is 1. The number of nitrogens with one attached hydrogen (secondary N) is 5. The molecule has 13 nitrogen and oxygen atoms in total. The molecule has 13 heteroatoms. The van der Waals surface area contributed by atoms with Crippen LogP contribution in [0.3, 0.4) is 0 Å². The molecular formula is C33H44N8O5. The van der Waals surface area contributed by atoms with Crippen LogP contribution in [-0.2, 0) is 14.4 Å². The Bertz CT molecular complexity index is 1540. The number of hydrogen-bond donors (Lipinski definition) is 5. The molecular weight excluding hydrogens is 588 g/mol. The molecule has 1 aromatic heterocycles. The number of likely N-dealkylation sites (tertiary alicyclic amines) is 1. The van der Waals surface area contributed by atoms with Crippen molar-refractivity contribution in [3.63, 3.8) is 0 Å². The number of methoxy groups -OCH3 is 2. The second kappa shape index (κ2) is 14.9. The molecule has 1 saturated heterocycles. The summed E-state index contributed by atoms with van der Waals surface area (Å²) in [7, 11) is 4.83. The quantitative estimate of drug-likeness (QED) is 0.197. The number of aromatic nitrogens is 2. The molecule has 3 aromatic rings. The molecule has 1 aliphatic heterocycles. The lowest BCUT2D eigenvalue weighted by Crippen LogP contribution is -2.59. The predicted molar refractivity (Wildman–Crippen MR) is 178 cm³/mol. The summed E-state index contributed by atoms with van der Waals surface area (Å²) in [6.07, 6.45) is 2.64. The number of rotatable bonds is 12. The molecule has 2 heterocycles. The largest absolute Gasteiger partial charge is 0.497 e. The van der Waals surface area contributed by atoms with Crippen LogP contribution in [0.25, 0.3) is 0 Å². The Labute approximate surface area is 269 Å². The second-order valence-electron chi connectivity index (χ2n) is 12.2. The molecule has 0 radical (unpaired) electrons. The molecule has 0 aliphatic carbocycles. The zero-order valence-corrected chi connectivity index (χ0v) is 27.4. The molecule has 2 aromatic carbocycles. The lowest BCUT2D eigenvalue weighted by Gasteiger charge is -2.36. The van der Waals surface area contributed by atoms with Crippen LogP contribution in [-0.4, -0.2) is 78.5 Å². The van der Waals surface area contributed by atoms with Crippen LogP contribution in [0.1, 0.15) is 40.5 Å². The van der Waals surface area contributed by atoms with Gasteiger partial charge in [0.15, 0.2) is 0 Å². The van der Waals surface area contributed by atoms with Crippen LogP contribution in [0.2, 0.25) is 0 Å². The molecule has 0 bridgehead atoms. The van der Waals surface area contributed by atoms with E-state index in [1.54, 1.807) is 50.2 Å². The van der Waals surface area contributed by atoms with Crippen LogP contribution in [0.4, 0.5) is 28.7 Å². The van der Waals surface area contributed by atoms with Gasteiger partial charge in [-0.05, 0) is 56.5 Å². The van der Waals surface area contributed by atoms with Gasteiger partial charge < -0.3 is 41.0 Å². The number of carbonyl (C=O) groups excluding carboxylic acids is 3. The highest BCUT2D eigenvalue weighted by molar-refractivity contribution is 5.99. The number of benzene rings is 2. The minimum absolute atomic E-state index is 0.274. The maximum atomic E-state index is 13.7. The molecule has 0 unspecified atom stereocenters. The van der Waals surface area contributed by atoms with Crippen molar-refractivity contribution in [2.45, 2.75) is 58.7 Å².